The van der Waals surface area contributed by atoms with E-state index in [1.54, 1.807) is 0 Å². The summed E-state index contributed by atoms with van der Waals surface area (Å²) in [6.45, 7) is -0.136. The first-order valence-electron chi connectivity index (χ1n) is 11.7. The molecule has 36 heavy (non-hydrogen) atoms. The largest absolute Gasteiger partial charge is 0.484 e. The highest BCUT2D eigenvalue weighted by atomic mass is 35.5. The van der Waals surface area contributed by atoms with Gasteiger partial charge in [0.2, 0.25) is 5.91 Å². The average Bonchev–Trinajstić information content (AvgIpc) is 3.25. The summed E-state index contributed by atoms with van der Waals surface area (Å²) in [6, 6.07) is 6.04. The molecule has 7 nitrogen and oxygen atoms in total. The van der Waals surface area contributed by atoms with Crippen LogP contribution in [0.4, 0.5) is 13.2 Å². The second-order valence-corrected chi connectivity index (χ2v) is 10.0. The fraction of sp³-hybridized carbons (Fsp3) is 0.400. The van der Waals surface area contributed by atoms with Gasteiger partial charge in [-0.15, -0.1) is 0 Å². The highest BCUT2D eigenvalue weighted by molar-refractivity contribution is 6.30. The second-order valence-electron chi connectivity index (χ2n) is 9.62. The van der Waals surface area contributed by atoms with Crippen molar-refractivity contribution < 1.29 is 27.5 Å². The molecule has 3 aliphatic rings. The highest BCUT2D eigenvalue weighted by Crippen LogP contribution is 2.52. The Kier molecular flexibility index (Phi) is 6.32. The molecule has 11 heteroatoms. The number of H-pyrrole nitrogens is 1. The molecule has 1 heterocycles. The summed E-state index contributed by atoms with van der Waals surface area (Å²) in [6.07, 6.45) is 3.84. The number of carbonyl (C=O) groups is 2. The number of fused-ring (bicyclic) bond motifs is 4. The first-order chi connectivity index (χ1) is 17.2. The van der Waals surface area contributed by atoms with Gasteiger partial charge in [-0.3, -0.25) is 9.59 Å². The predicted octanol–water partition coefficient (Wildman–Crippen LogP) is 4.54. The lowest BCUT2D eigenvalue weighted by Crippen LogP contribution is -2.60. The molecule has 3 aromatic rings. The van der Waals surface area contributed by atoms with Gasteiger partial charge < -0.3 is 20.4 Å². The molecule has 2 bridgehead atoms. The van der Waals surface area contributed by atoms with Crippen LogP contribution in [0.2, 0.25) is 5.02 Å². The predicted molar refractivity (Wildman–Crippen MR) is 126 cm³/mol. The fourth-order valence-electron chi connectivity index (χ4n) is 5.25. The van der Waals surface area contributed by atoms with E-state index < -0.39 is 22.9 Å². The first kappa shape index (κ1) is 24.4. The van der Waals surface area contributed by atoms with Gasteiger partial charge in [-0.25, -0.2) is 18.2 Å². The summed E-state index contributed by atoms with van der Waals surface area (Å²) in [5.41, 5.74) is -0.260. The van der Waals surface area contributed by atoms with Crippen LogP contribution in [0.1, 0.15) is 44.3 Å². The number of carbonyl (C=O) groups excluding carboxylic acids is 2. The Morgan fingerprint density at radius 3 is 2.39 bits per heavy atom. The standard InChI is InChI=1S/C25H24ClF3N4O3/c26-15-2-1-14(9-16(15)27)36-13-22(34)33-25-6-3-24(4-7-25,5-8-25)23(35)30-12-21-31-19-10-17(28)18(29)11-20(19)32-21/h1-2,9-11H,3-8,12-13H2,(H,30,35)(H,31,32)(H,33,34). The van der Waals surface area contributed by atoms with Crippen LogP contribution in [0.3, 0.4) is 0 Å². The number of rotatable bonds is 7. The molecule has 0 saturated heterocycles. The van der Waals surface area contributed by atoms with E-state index in [2.05, 4.69) is 20.6 Å². The number of aromatic amines is 1. The zero-order valence-electron chi connectivity index (χ0n) is 19.2. The maximum absolute atomic E-state index is 13.5. The van der Waals surface area contributed by atoms with Crippen LogP contribution in [-0.2, 0) is 16.1 Å². The Bertz CT molecular complexity index is 1280. The van der Waals surface area contributed by atoms with Crippen LogP contribution in [-0.4, -0.2) is 33.9 Å². The maximum atomic E-state index is 13.5. The van der Waals surface area contributed by atoms with Crippen LogP contribution < -0.4 is 15.4 Å². The molecule has 3 aliphatic carbocycles. The third-order valence-corrected chi connectivity index (χ3v) is 7.69. The third kappa shape index (κ3) is 4.74. The number of amides is 2. The van der Waals surface area contributed by atoms with Gasteiger partial charge in [0.1, 0.15) is 17.4 Å². The number of aromatic nitrogens is 2. The van der Waals surface area contributed by atoms with Crippen molar-refractivity contribution >= 4 is 34.4 Å². The number of hydrogen-bond acceptors (Lipinski definition) is 4. The Labute approximate surface area is 209 Å². The maximum Gasteiger partial charge on any atom is 0.258 e. The van der Waals surface area contributed by atoms with Crippen LogP contribution in [0, 0.1) is 22.9 Å². The molecule has 3 N–H and O–H groups in total. The summed E-state index contributed by atoms with van der Waals surface area (Å²) >= 11 is 5.66. The number of benzene rings is 2. The summed E-state index contributed by atoms with van der Waals surface area (Å²) in [5, 5.41) is 5.95. The van der Waals surface area contributed by atoms with Crippen molar-refractivity contribution in [3.8, 4) is 5.75 Å². The molecular formula is C25H24ClF3N4O3. The van der Waals surface area contributed by atoms with Crippen LogP contribution in [0.5, 0.6) is 5.75 Å². The van der Waals surface area contributed by atoms with E-state index in [4.69, 9.17) is 16.3 Å². The molecule has 0 unspecified atom stereocenters. The number of halogens is 4. The highest BCUT2D eigenvalue weighted by Gasteiger charge is 2.52. The molecule has 1 aromatic heterocycles. The summed E-state index contributed by atoms with van der Waals surface area (Å²) < 4.78 is 45.8. The van der Waals surface area contributed by atoms with Crippen molar-refractivity contribution in [3.05, 3.63) is 58.6 Å². The van der Waals surface area contributed by atoms with Gasteiger partial charge in [0.15, 0.2) is 18.2 Å². The zero-order chi connectivity index (χ0) is 25.5. The lowest BCUT2D eigenvalue weighted by atomic mass is 9.57. The minimum Gasteiger partial charge on any atom is -0.484 e. The molecular weight excluding hydrogens is 497 g/mol. The third-order valence-electron chi connectivity index (χ3n) is 7.38. The van der Waals surface area contributed by atoms with Crippen LogP contribution in [0.15, 0.2) is 30.3 Å². The van der Waals surface area contributed by atoms with Gasteiger partial charge in [-0.1, -0.05) is 11.6 Å². The van der Waals surface area contributed by atoms with Gasteiger partial charge in [0, 0.05) is 29.2 Å². The Hall–Kier alpha value is -3.27. The second kappa shape index (κ2) is 9.31. The fourth-order valence-corrected chi connectivity index (χ4v) is 5.37. The molecule has 0 aliphatic heterocycles. The van der Waals surface area contributed by atoms with E-state index in [0.29, 0.717) is 49.9 Å². The smallest absolute Gasteiger partial charge is 0.258 e. The topological polar surface area (TPSA) is 96.1 Å². The Balaban J connectivity index is 1.13. The van der Waals surface area contributed by atoms with E-state index in [-0.39, 0.29) is 46.8 Å². The van der Waals surface area contributed by atoms with E-state index in [0.717, 1.165) is 18.2 Å². The SMILES string of the molecule is O=C(COc1ccc(Cl)c(F)c1)NC12CCC(C(=O)NCc3nc4cc(F)c(F)cc4[nH]3)(CC1)CC2. The Morgan fingerprint density at radius 2 is 1.69 bits per heavy atom. The molecule has 0 radical (unpaired) electrons. The molecule has 6 rings (SSSR count). The van der Waals surface area contributed by atoms with E-state index >= 15 is 0 Å². The molecule has 0 spiro atoms. The minimum absolute atomic E-state index is 0.0222. The van der Waals surface area contributed by atoms with Crippen LogP contribution in [0.25, 0.3) is 11.0 Å². The number of hydrogen-bond donors (Lipinski definition) is 3. The lowest BCUT2D eigenvalue weighted by Gasteiger charge is -2.52. The number of nitrogens with zero attached hydrogens (tertiary/aromatic N) is 1. The molecule has 3 fully saturated rings. The van der Waals surface area contributed by atoms with Gasteiger partial charge in [0.05, 0.1) is 22.6 Å². The number of nitrogens with one attached hydrogen (secondary N) is 3. The number of imidazole rings is 1. The van der Waals surface area contributed by atoms with E-state index in [9.17, 15) is 22.8 Å². The van der Waals surface area contributed by atoms with E-state index in [1.807, 2.05) is 0 Å². The normalized spacial score (nSPS) is 23.0. The monoisotopic (exact) mass is 520 g/mol. The quantitative estimate of drug-likeness (QED) is 0.426. The van der Waals surface area contributed by atoms with Gasteiger partial charge >= 0.3 is 0 Å². The van der Waals surface area contributed by atoms with Gasteiger partial charge in [-0.05, 0) is 50.7 Å². The van der Waals surface area contributed by atoms with Crippen molar-refractivity contribution in [2.75, 3.05) is 6.61 Å². The first-order valence-corrected chi connectivity index (χ1v) is 12.1. The lowest BCUT2D eigenvalue weighted by molar-refractivity contribution is -0.140. The molecule has 3 saturated carbocycles. The minimum atomic E-state index is -0.978. The molecule has 0 atom stereocenters. The Morgan fingerprint density at radius 1 is 1.00 bits per heavy atom. The van der Waals surface area contributed by atoms with Crippen LogP contribution >= 0.6 is 11.6 Å². The van der Waals surface area contributed by atoms with Crippen molar-refractivity contribution in [2.24, 2.45) is 5.41 Å². The molecule has 2 aromatic carbocycles. The van der Waals surface area contributed by atoms with Crippen molar-refractivity contribution in [2.45, 2.75) is 50.6 Å². The van der Waals surface area contributed by atoms with Crippen molar-refractivity contribution in [1.29, 1.82) is 0 Å². The summed E-state index contributed by atoms with van der Waals surface area (Å²) in [7, 11) is 0. The average molecular weight is 521 g/mol. The zero-order valence-corrected chi connectivity index (χ0v) is 20.0. The van der Waals surface area contributed by atoms with Gasteiger partial charge in [0.25, 0.3) is 5.91 Å². The summed E-state index contributed by atoms with van der Waals surface area (Å²) in [4.78, 5) is 32.7. The van der Waals surface area contributed by atoms with Crippen molar-refractivity contribution in [1.82, 2.24) is 20.6 Å². The van der Waals surface area contributed by atoms with E-state index in [1.165, 1.54) is 12.1 Å². The van der Waals surface area contributed by atoms with Crippen molar-refractivity contribution in [3.63, 3.8) is 0 Å². The molecule has 2 amide bonds. The molecule has 190 valence electrons. The summed E-state index contributed by atoms with van der Waals surface area (Å²) in [5.74, 6) is -2.33. The number of ether oxygens (including phenoxy) is 1. The van der Waals surface area contributed by atoms with Gasteiger partial charge in [-0.2, -0.15) is 0 Å².